The van der Waals surface area contributed by atoms with Gasteiger partial charge in [0.25, 0.3) is 0 Å². The molecule has 1 N–H and O–H groups in total. The molecule has 0 radical (unpaired) electrons. The molecule has 2 aromatic rings. The predicted molar refractivity (Wildman–Crippen MR) is 108 cm³/mol. The number of hydrogen-bond acceptors (Lipinski definition) is 4. The predicted octanol–water partition coefficient (Wildman–Crippen LogP) is 4.75. The van der Waals surface area contributed by atoms with Gasteiger partial charge in [-0.05, 0) is 44.4 Å². The van der Waals surface area contributed by atoms with E-state index in [1.807, 2.05) is 29.3 Å². The second-order valence-electron chi connectivity index (χ2n) is 6.30. The van der Waals surface area contributed by atoms with E-state index < -0.39 is 0 Å². The molecule has 0 spiro atoms. The third-order valence-electron chi connectivity index (χ3n) is 4.34. The van der Waals surface area contributed by atoms with Crippen LogP contribution in [0.2, 0.25) is 0 Å². The zero-order valence-electron chi connectivity index (χ0n) is 15.6. The van der Waals surface area contributed by atoms with Crippen molar-refractivity contribution >= 4 is 17.1 Å². The minimum atomic E-state index is 0.794. The minimum Gasteiger partial charge on any atom is -0.339 e. The number of hydrogen-bond donors (Lipinski definition) is 1. The third-order valence-corrected chi connectivity index (χ3v) is 4.34. The van der Waals surface area contributed by atoms with Crippen molar-refractivity contribution in [2.24, 2.45) is 4.99 Å². The van der Waals surface area contributed by atoms with Gasteiger partial charge in [0, 0.05) is 37.1 Å². The first kappa shape index (κ1) is 17.9. The largest absolute Gasteiger partial charge is 0.339 e. The first-order valence-corrected chi connectivity index (χ1v) is 8.98. The van der Waals surface area contributed by atoms with Gasteiger partial charge in [0.15, 0.2) is 0 Å². The highest BCUT2D eigenvalue weighted by Crippen LogP contribution is 2.18. The average Bonchev–Trinajstić information content (AvgIpc) is 3.03. The van der Waals surface area contributed by atoms with E-state index in [1.165, 1.54) is 0 Å². The molecule has 134 valence electrons. The first-order chi connectivity index (χ1) is 12.7. The van der Waals surface area contributed by atoms with Crippen LogP contribution in [0, 0.1) is 6.92 Å². The van der Waals surface area contributed by atoms with E-state index in [1.54, 1.807) is 6.20 Å². The van der Waals surface area contributed by atoms with Crippen molar-refractivity contribution in [2.75, 3.05) is 5.32 Å². The maximum atomic E-state index is 4.77. The van der Waals surface area contributed by atoms with E-state index in [4.69, 9.17) is 4.99 Å². The second-order valence-corrected chi connectivity index (χ2v) is 6.30. The minimum absolute atomic E-state index is 0.794. The lowest BCUT2D eigenvalue weighted by Crippen LogP contribution is -2.12. The van der Waals surface area contributed by atoms with Gasteiger partial charge in [0.2, 0.25) is 0 Å². The Labute approximate surface area is 154 Å². The molecule has 2 heterocycles. The van der Waals surface area contributed by atoms with Crippen molar-refractivity contribution < 1.29 is 0 Å². The van der Waals surface area contributed by atoms with Gasteiger partial charge < -0.3 is 5.32 Å². The van der Waals surface area contributed by atoms with Crippen LogP contribution < -0.4 is 5.32 Å². The zero-order chi connectivity index (χ0) is 18.4. The number of pyridine rings is 1. The molecule has 0 unspecified atom stereocenters. The van der Waals surface area contributed by atoms with Crippen LogP contribution in [0.25, 0.3) is 5.57 Å². The molecule has 0 saturated carbocycles. The topological polar surface area (TPSA) is 55.1 Å². The molecule has 0 aliphatic heterocycles. The standard InChI is InChI=1S/C21H25N5/c1-4-26-15-18(14-24-26)17(3)13-23-19-10-6-5-7-11-20(19)25-21-16(2)9-8-12-22-21/h5-6,8-9,11-15H,4,7,10H2,1-3H3,(H,22,25)/b17-13+,23-19?. The number of aryl methyl sites for hydroxylation is 2. The normalized spacial score (nSPS) is 16.5. The van der Waals surface area contributed by atoms with Crippen LogP contribution in [-0.4, -0.2) is 20.5 Å². The Hall–Kier alpha value is -2.95. The highest BCUT2D eigenvalue weighted by molar-refractivity contribution is 6.04. The molecule has 26 heavy (non-hydrogen) atoms. The molecule has 0 atom stereocenters. The molecular formula is C21H25N5. The van der Waals surface area contributed by atoms with E-state index in [9.17, 15) is 0 Å². The third kappa shape index (κ3) is 4.36. The Morgan fingerprint density at radius 3 is 3.04 bits per heavy atom. The fourth-order valence-corrected chi connectivity index (χ4v) is 2.68. The fourth-order valence-electron chi connectivity index (χ4n) is 2.68. The van der Waals surface area contributed by atoms with Crippen molar-refractivity contribution in [3.8, 4) is 0 Å². The smallest absolute Gasteiger partial charge is 0.133 e. The monoisotopic (exact) mass is 347 g/mol. The van der Waals surface area contributed by atoms with Crippen molar-refractivity contribution in [2.45, 2.75) is 40.2 Å². The lowest BCUT2D eigenvalue weighted by atomic mass is 10.1. The van der Waals surface area contributed by atoms with Crippen molar-refractivity contribution in [1.29, 1.82) is 0 Å². The van der Waals surface area contributed by atoms with Crippen LogP contribution in [0.3, 0.4) is 0 Å². The van der Waals surface area contributed by atoms with Crippen molar-refractivity contribution in [3.05, 3.63) is 72.0 Å². The highest BCUT2D eigenvalue weighted by Gasteiger charge is 2.10. The number of allylic oxidation sites excluding steroid dienone is 5. The van der Waals surface area contributed by atoms with E-state index in [2.05, 4.69) is 60.5 Å². The Morgan fingerprint density at radius 1 is 1.38 bits per heavy atom. The SMILES string of the molecule is CCn1cc(/C(C)=C/N=C2CC=CCC=C2Nc2ncccc2C)cn1. The van der Waals surface area contributed by atoms with Crippen LogP contribution in [0.1, 0.15) is 37.8 Å². The van der Waals surface area contributed by atoms with Crippen LogP contribution in [0.15, 0.2) is 65.8 Å². The molecule has 5 nitrogen and oxygen atoms in total. The van der Waals surface area contributed by atoms with E-state index in [0.29, 0.717) is 0 Å². The van der Waals surface area contributed by atoms with Crippen molar-refractivity contribution in [1.82, 2.24) is 14.8 Å². The van der Waals surface area contributed by atoms with Crippen molar-refractivity contribution in [3.63, 3.8) is 0 Å². The van der Waals surface area contributed by atoms with Gasteiger partial charge in [-0.2, -0.15) is 5.10 Å². The summed E-state index contributed by atoms with van der Waals surface area (Å²) in [5.74, 6) is 0.873. The molecule has 1 aliphatic carbocycles. The summed E-state index contributed by atoms with van der Waals surface area (Å²) in [6.45, 7) is 7.06. The lowest BCUT2D eigenvalue weighted by molar-refractivity contribution is 0.659. The van der Waals surface area contributed by atoms with E-state index >= 15 is 0 Å². The van der Waals surface area contributed by atoms with Gasteiger partial charge in [0.1, 0.15) is 5.82 Å². The van der Waals surface area contributed by atoms with Crippen LogP contribution >= 0.6 is 0 Å². The second kappa shape index (κ2) is 8.43. The van der Waals surface area contributed by atoms with E-state index in [0.717, 1.165) is 53.3 Å². The number of nitrogens with one attached hydrogen (secondary N) is 1. The molecule has 0 amide bonds. The van der Waals surface area contributed by atoms with Crippen LogP contribution in [0.5, 0.6) is 0 Å². The molecule has 5 heteroatoms. The summed E-state index contributed by atoms with van der Waals surface area (Å²) in [4.78, 5) is 9.21. The summed E-state index contributed by atoms with van der Waals surface area (Å²) in [5, 5.41) is 7.78. The summed E-state index contributed by atoms with van der Waals surface area (Å²) in [7, 11) is 0. The van der Waals surface area contributed by atoms with Gasteiger partial charge in [0.05, 0.1) is 17.6 Å². The van der Waals surface area contributed by atoms with Gasteiger partial charge >= 0.3 is 0 Å². The zero-order valence-corrected chi connectivity index (χ0v) is 15.6. The lowest BCUT2D eigenvalue weighted by Gasteiger charge is -2.12. The number of aliphatic imine (C=N–C) groups is 1. The molecular weight excluding hydrogens is 322 g/mol. The number of aromatic nitrogens is 3. The Balaban J connectivity index is 1.84. The Morgan fingerprint density at radius 2 is 2.27 bits per heavy atom. The number of rotatable bonds is 5. The van der Waals surface area contributed by atoms with E-state index in [-0.39, 0.29) is 0 Å². The maximum Gasteiger partial charge on any atom is 0.133 e. The quantitative estimate of drug-likeness (QED) is 0.794. The molecule has 0 bridgehead atoms. The van der Waals surface area contributed by atoms with Crippen LogP contribution in [0.4, 0.5) is 5.82 Å². The first-order valence-electron chi connectivity index (χ1n) is 8.98. The Bertz CT molecular complexity index is 883. The van der Waals surface area contributed by atoms with Crippen LogP contribution in [-0.2, 0) is 6.54 Å². The summed E-state index contributed by atoms with van der Waals surface area (Å²) in [6.07, 6.45) is 15.8. The maximum absolute atomic E-state index is 4.77. The molecule has 1 aliphatic rings. The highest BCUT2D eigenvalue weighted by atomic mass is 15.3. The summed E-state index contributed by atoms with van der Waals surface area (Å²) < 4.78 is 1.92. The van der Waals surface area contributed by atoms with Gasteiger partial charge in [-0.15, -0.1) is 0 Å². The fraction of sp³-hybridized carbons (Fsp3) is 0.286. The summed E-state index contributed by atoms with van der Waals surface area (Å²) in [5.41, 5.74) is 5.33. The van der Waals surface area contributed by atoms with Gasteiger partial charge in [-0.25, -0.2) is 4.98 Å². The summed E-state index contributed by atoms with van der Waals surface area (Å²) >= 11 is 0. The number of anilines is 1. The Kier molecular flexibility index (Phi) is 5.79. The average molecular weight is 347 g/mol. The molecule has 0 aromatic carbocycles. The molecule has 0 fully saturated rings. The molecule has 3 rings (SSSR count). The molecule has 2 aromatic heterocycles. The van der Waals surface area contributed by atoms with Gasteiger partial charge in [-0.3, -0.25) is 9.67 Å². The molecule has 0 saturated heterocycles. The summed E-state index contributed by atoms with van der Waals surface area (Å²) in [6, 6.07) is 4.00. The van der Waals surface area contributed by atoms with Gasteiger partial charge in [-0.1, -0.05) is 24.3 Å². The number of nitrogens with zero attached hydrogens (tertiary/aromatic N) is 4.